The second kappa shape index (κ2) is 6.50. The highest BCUT2D eigenvalue weighted by molar-refractivity contribution is 6.16. The van der Waals surface area contributed by atoms with Gasteiger partial charge in [0.25, 0.3) is 0 Å². The number of H-pyrrole nitrogens is 2. The SMILES string of the molecule is O=C1c2ccccc2C(O)c2c1ccc1[nH]c3c(ccc4c(=O)c5ccccc5c(=O)c43)[nH]c21. The number of aliphatic hydroxyl groups excluding tert-OH is 1. The Labute approximate surface area is 191 Å². The Morgan fingerprint density at radius 3 is 2.09 bits per heavy atom. The minimum absolute atomic E-state index is 0.144. The van der Waals surface area contributed by atoms with E-state index in [-0.39, 0.29) is 16.6 Å². The lowest BCUT2D eigenvalue weighted by molar-refractivity contribution is 0.102. The van der Waals surface area contributed by atoms with Crippen molar-refractivity contribution in [3.63, 3.8) is 0 Å². The van der Waals surface area contributed by atoms with Crippen LogP contribution in [0.25, 0.3) is 43.6 Å². The molecule has 5 aromatic carbocycles. The van der Waals surface area contributed by atoms with Gasteiger partial charge in [-0.25, -0.2) is 0 Å². The van der Waals surface area contributed by atoms with Crippen LogP contribution in [0.4, 0.5) is 0 Å². The van der Waals surface area contributed by atoms with Crippen LogP contribution >= 0.6 is 0 Å². The standard InChI is InChI=1S/C28H16N2O4/c31-25-13-5-1-3-7-15(13)27(33)21-17(25)9-11-19-23(21)29-20-12-10-18-22(24(20)30-19)28(34)16-8-4-2-6-14(16)26(18)32/h1-12,27,29-30,33H. The Balaban J connectivity index is 1.61. The van der Waals surface area contributed by atoms with Gasteiger partial charge in [-0.05, 0) is 29.8 Å². The van der Waals surface area contributed by atoms with E-state index in [1.165, 1.54) is 0 Å². The number of nitrogens with one attached hydrogen (secondary N) is 2. The molecule has 1 unspecified atom stereocenters. The van der Waals surface area contributed by atoms with Gasteiger partial charge in [-0.15, -0.1) is 0 Å². The van der Waals surface area contributed by atoms with E-state index in [1.54, 1.807) is 72.8 Å². The number of carbonyl (C=O) groups is 1. The van der Waals surface area contributed by atoms with E-state index in [0.717, 1.165) is 0 Å². The molecule has 0 saturated carbocycles. The van der Waals surface area contributed by atoms with E-state index in [9.17, 15) is 19.5 Å². The van der Waals surface area contributed by atoms with E-state index >= 15 is 0 Å². The van der Waals surface area contributed by atoms with Gasteiger partial charge >= 0.3 is 0 Å². The lowest BCUT2D eigenvalue weighted by Gasteiger charge is -2.25. The van der Waals surface area contributed by atoms with Crippen molar-refractivity contribution in [2.45, 2.75) is 6.10 Å². The van der Waals surface area contributed by atoms with Crippen molar-refractivity contribution in [2.24, 2.45) is 0 Å². The summed E-state index contributed by atoms with van der Waals surface area (Å²) in [5.74, 6) is -0.144. The summed E-state index contributed by atoms with van der Waals surface area (Å²) in [6.45, 7) is 0. The van der Waals surface area contributed by atoms with Gasteiger partial charge in [0, 0.05) is 32.8 Å². The number of fused-ring (bicyclic) bond motifs is 8. The lowest BCUT2D eigenvalue weighted by atomic mass is 9.82. The Kier molecular flexibility index (Phi) is 3.62. The highest BCUT2D eigenvalue weighted by Gasteiger charge is 2.31. The van der Waals surface area contributed by atoms with Crippen LogP contribution < -0.4 is 10.9 Å². The van der Waals surface area contributed by atoms with Crippen molar-refractivity contribution in [3.8, 4) is 0 Å². The third kappa shape index (κ3) is 2.30. The number of rotatable bonds is 0. The quantitative estimate of drug-likeness (QED) is 0.240. The van der Waals surface area contributed by atoms with Crippen LogP contribution in [0.2, 0.25) is 0 Å². The summed E-state index contributed by atoms with van der Waals surface area (Å²) in [6.07, 6.45) is -0.984. The summed E-state index contributed by atoms with van der Waals surface area (Å²) in [5.41, 5.74) is 3.86. The molecule has 3 N–H and O–H groups in total. The number of ketones is 1. The third-order valence-corrected chi connectivity index (χ3v) is 6.88. The molecule has 6 nitrogen and oxygen atoms in total. The van der Waals surface area contributed by atoms with Crippen molar-refractivity contribution in [3.05, 3.63) is 115 Å². The monoisotopic (exact) mass is 444 g/mol. The summed E-state index contributed by atoms with van der Waals surface area (Å²) in [7, 11) is 0. The van der Waals surface area contributed by atoms with Crippen molar-refractivity contribution in [1.82, 2.24) is 9.97 Å². The van der Waals surface area contributed by atoms with Crippen LogP contribution in [0.5, 0.6) is 0 Å². The maximum atomic E-state index is 13.4. The predicted octanol–water partition coefficient (Wildman–Crippen LogP) is 4.30. The molecule has 1 aromatic heterocycles. The number of hydrogen-bond donors (Lipinski definition) is 3. The normalized spacial score (nSPS) is 15.2. The van der Waals surface area contributed by atoms with Gasteiger partial charge in [-0.2, -0.15) is 0 Å². The van der Waals surface area contributed by atoms with E-state index in [0.29, 0.717) is 65.9 Å². The molecule has 162 valence electrons. The number of benzene rings is 5. The molecule has 1 aliphatic rings. The molecule has 0 saturated heterocycles. The number of aromatic amines is 2. The second-order valence-corrected chi connectivity index (χ2v) is 8.63. The maximum absolute atomic E-state index is 13.4. The predicted molar refractivity (Wildman–Crippen MR) is 132 cm³/mol. The number of hydrogen-bond acceptors (Lipinski definition) is 4. The molecule has 0 radical (unpaired) electrons. The Hall–Kier alpha value is -4.55. The Bertz CT molecular complexity index is 2000. The van der Waals surface area contributed by atoms with E-state index < -0.39 is 6.10 Å². The summed E-state index contributed by atoms with van der Waals surface area (Å²) >= 11 is 0. The minimum atomic E-state index is -0.984. The molecule has 0 bridgehead atoms. The minimum Gasteiger partial charge on any atom is -0.384 e. The summed E-state index contributed by atoms with van der Waals surface area (Å²) in [5, 5.41) is 12.6. The van der Waals surface area contributed by atoms with Crippen molar-refractivity contribution >= 4 is 49.4 Å². The lowest BCUT2D eigenvalue weighted by Crippen LogP contribution is -2.20. The molecule has 6 aromatic rings. The molecule has 7 rings (SSSR count). The molecule has 1 aliphatic carbocycles. The van der Waals surface area contributed by atoms with Gasteiger partial charge < -0.3 is 15.1 Å². The number of carbonyl (C=O) groups excluding carboxylic acids is 1. The first-order valence-corrected chi connectivity index (χ1v) is 10.9. The first-order valence-electron chi connectivity index (χ1n) is 10.9. The average Bonchev–Trinajstić information content (AvgIpc) is 2.88. The molecular weight excluding hydrogens is 428 g/mol. The van der Waals surface area contributed by atoms with E-state index in [2.05, 4.69) is 9.97 Å². The summed E-state index contributed by atoms with van der Waals surface area (Å²) < 4.78 is 0. The summed E-state index contributed by atoms with van der Waals surface area (Å²) in [6, 6.07) is 20.7. The zero-order chi connectivity index (χ0) is 23.1. The van der Waals surface area contributed by atoms with Crippen molar-refractivity contribution in [1.29, 1.82) is 0 Å². The Morgan fingerprint density at radius 2 is 1.26 bits per heavy atom. The van der Waals surface area contributed by atoms with Gasteiger partial charge in [-0.1, -0.05) is 48.5 Å². The third-order valence-electron chi connectivity index (χ3n) is 6.88. The van der Waals surface area contributed by atoms with Gasteiger partial charge in [-0.3, -0.25) is 14.4 Å². The zero-order valence-corrected chi connectivity index (χ0v) is 17.7. The van der Waals surface area contributed by atoms with Gasteiger partial charge in [0.05, 0.1) is 27.5 Å². The van der Waals surface area contributed by atoms with Gasteiger partial charge in [0.2, 0.25) is 0 Å². The van der Waals surface area contributed by atoms with Crippen LogP contribution in [-0.4, -0.2) is 20.9 Å². The molecule has 1 heterocycles. The van der Waals surface area contributed by atoms with Crippen molar-refractivity contribution in [2.75, 3.05) is 0 Å². The fourth-order valence-corrected chi connectivity index (χ4v) is 5.27. The van der Waals surface area contributed by atoms with Crippen LogP contribution in [0.15, 0.2) is 82.4 Å². The molecule has 1 atom stereocenters. The molecular formula is C28H16N2O4. The van der Waals surface area contributed by atoms with E-state index in [1.807, 2.05) is 0 Å². The molecule has 34 heavy (non-hydrogen) atoms. The first-order chi connectivity index (χ1) is 16.5. The first kappa shape index (κ1) is 19.0. The van der Waals surface area contributed by atoms with Crippen LogP contribution in [-0.2, 0) is 0 Å². The highest BCUT2D eigenvalue weighted by atomic mass is 16.3. The van der Waals surface area contributed by atoms with Crippen molar-refractivity contribution < 1.29 is 9.90 Å². The highest BCUT2D eigenvalue weighted by Crippen LogP contribution is 2.38. The van der Waals surface area contributed by atoms with E-state index in [4.69, 9.17) is 0 Å². The fourth-order valence-electron chi connectivity index (χ4n) is 5.27. The Morgan fingerprint density at radius 1 is 0.618 bits per heavy atom. The average molecular weight is 444 g/mol. The molecule has 6 heteroatoms. The number of aromatic nitrogens is 2. The fraction of sp³-hybridized carbons (Fsp3) is 0.0357. The second-order valence-electron chi connectivity index (χ2n) is 8.63. The smallest absolute Gasteiger partial charge is 0.196 e. The van der Waals surface area contributed by atoms with Gasteiger partial charge in [0.15, 0.2) is 16.6 Å². The number of aliphatic hydroxyl groups is 1. The molecule has 0 fully saturated rings. The largest absolute Gasteiger partial charge is 0.384 e. The topological polar surface area (TPSA) is 103 Å². The van der Waals surface area contributed by atoms with Crippen LogP contribution in [0.1, 0.15) is 33.2 Å². The zero-order valence-electron chi connectivity index (χ0n) is 17.7. The van der Waals surface area contributed by atoms with Crippen LogP contribution in [0, 0.1) is 0 Å². The maximum Gasteiger partial charge on any atom is 0.196 e. The molecule has 0 amide bonds. The van der Waals surface area contributed by atoms with Gasteiger partial charge in [0.1, 0.15) is 6.10 Å². The van der Waals surface area contributed by atoms with Crippen LogP contribution in [0.3, 0.4) is 0 Å². The molecule has 0 spiro atoms. The summed E-state index contributed by atoms with van der Waals surface area (Å²) in [4.78, 5) is 46.3. The molecule has 0 aliphatic heterocycles.